The van der Waals surface area contributed by atoms with Gasteiger partial charge in [-0.2, -0.15) is 0 Å². The second kappa shape index (κ2) is 12.0. The van der Waals surface area contributed by atoms with Gasteiger partial charge in [0, 0.05) is 0 Å². The Balaban J connectivity index is 1.55. The van der Waals surface area contributed by atoms with Crippen LogP contribution in [0.4, 0.5) is 0 Å². The average Bonchev–Trinajstić information content (AvgIpc) is 3.27. The Kier molecular flexibility index (Phi) is 8.19. The highest BCUT2D eigenvalue weighted by Gasteiger charge is 2.33. The van der Waals surface area contributed by atoms with Crippen LogP contribution in [0.2, 0.25) is 5.02 Å². The molecule has 1 aliphatic heterocycles. The second-order valence-electron chi connectivity index (χ2n) is 8.99. The largest absolute Gasteiger partial charge is 0.493 e. The van der Waals surface area contributed by atoms with Gasteiger partial charge in [0.15, 0.2) is 16.3 Å². The van der Waals surface area contributed by atoms with Gasteiger partial charge in [0.1, 0.15) is 0 Å². The van der Waals surface area contributed by atoms with Gasteiger partial charge in [0.25, 0.3) is 5.56 Å². The average molecular weight is 589 g/mol. The van der Waals surface area contributed by atoms with E-state index in [1.807, 2.05) is 30.3 Å². The van der Waals surface area contributed by atoms with Crippen LogP contribution >= 0.6 is 22.9 Å². The summed E-state index contributed by atoms with van der Waals surface area (Å²) in [4.78, 5) is 44.5. The topological polar surface area (TPSA) is 96.2 Å². The number of hydrogen-bond donors (Lipinski definition) is 0. The molecule has 1 atom stereocenters. The maximum Gasteiger partial charge on any atom is 0.345 e. The molecule has 41 heavy (non-hydrogen) atoms. The van der Waals surface area contributed by atoms with Gasteiger partial charge in [-0.1, -0.05) is 71.5 Å². The SMILES string of the molecule is CCOC(=O)C1=C(C)N=c2sc(=Cc3ccc(OC(=O)c4ccccc4Cl)c(OC)c3)c(=O)n2[C@@H]1c1ccccc1. The van der Waals surface area contributed by atoms with Crippen molar-refractivity contribution in [2.24, 2.45) is 4.99 Å². The highest BCUT2D eigenvalue weighted by molar-refractivity contribution is 7.07. The van der Waals surface area contributed by atoms with Gasteiger partial charge in [-0.25, -0.2) is 14.6 Å². The van der Waals surface area contributed by atoms with E-state index in [9.17, 15) is 14.4 Å². The van der Waals surface area contributed by atoms with Gasteiger partial charge in [0.2, 0.25) is 0 Å². The van der Waals surface area contributed by atoms with Crippen molar-refractivity contribution in [2.45, 2.75) is 19.9 Å². The van der Waals surface area contributed by atoms with Crippen LogP contribution in [-0.2, 0) is 9.53 Å². The van der Waals surface area contributed by atoms with Crippen molar-refractivity contribution < 1.29 is 23.8 Å². The predicted octanol–water partition coefficient (Wildman–Crippen LogP) is 4.68. The van der Waals surface area contributed by atoms with Crippen LogP contribution in [0.3, 0.4) is 0 Å². The molecule has 0 saturated heterocycles. The minimum atomic E-state index is -0.685. The molecule has 0 aliphatic carbocycles. The van der Waals surface area contributed by atoms with E-state index in [-0.39, 0.29) is 28.5 Å². The highest BCUT2D eigenvalue weighted by Crippen LogP contribution is 2.31. The Morgan fingerprint density at radius 2 is 1.76 bits per heavy atom. The molecule has 0 amide bonds. The molecule has 0 bridgehead atoms. The van der Waals surface area contributed by atoms with Crippen molar-refractivity contribution in [2.75, 3.05) is 13.7 Å². The number of hydrogen-bond acceptors (Lipinski definition) is 8. The van der Waals surface area contributed by atoms with Crippen LogP contribution in [0, 0.1) is 0 Å². The summed E-state index contributed by atoms with van der Waals surface area (Å²) in [6.07, 6.45) is 1.71. The third kappa shape index (κ3) is 5.59. The Bertz CT molecular complexity index is 1860. The number of fused-ring (bicyclic) bond motifs is 1. The zero-order valence-electron chi connectivity index (χ0n) is 22.4. The third-order valence-corrected chi connectivity index (χ3v) is 7.73. The number of methoxy groups -OCH3 is 1. The molecule has 2 heterocycles. The lowest BCUT2D eigenvalue weighted by atomic mass is 9.96. The normalized spacial score (nSPS) is 14.7. The number of benzene rings is 3. The summed E-state index contributed by atoms with van der Waals surface area (Å²) >= 11 is 7.34. The number of nitrogens with zero attached hydrogens (tertiary/aromatic N) is 2. The summed E-state index contributed by atoms with van der Waals surface area (Å²) in [5.41, 5.74) is 2.16. The van der Waals surface area contributed by atoms with Crippen molar-refractivity contribution in [3.63, 3.8) is 0 Å². The lowest BCUT2D eigenvalue weighted by Crippen LogP contribution is -2.39. The van der Waals surface area contributed by atoms with Crippen LogP contribution < -0.4 is 24.4 Å². The van der Waals surface area contributed by atoms with Crippen molar-refractivity contribution >= 4 is 41.0 Å². The summed E-state index contributed by atoms with van der Waals surface area (Å²) in [7, 11) is 1.46. The van der Waals surface area contributed by atoms with Crippen LogP contribution in [0.5, 0.6) is 11.5 Å². The minimum Gasteiger partial charge on any atom is -0.493 e. The Hall–Kier alpha value is -4.47. The van der Waals surface area contributed by atoms with Gasteiger partial charge in [-0.3, -0.25) is 9.36 Å². The van der Waals surface area contributed by atoms with Crippen molar-refractivity contribution in [1.29, 1.82) is 0 Å². The van der Waals surface area contributed by atoms with E-state index in [0.29, 0.717) is 31.9 Å². The molecule has 0 saturated carbocycles. The Morgan fingerprint density at radius 3 is 2.46 bits per heavy atom. The van der Waals surface area contributed by atoms with Crippen LogP contribution in [0.1, 0.15) is 41.4 Å². The number of rotatable bonds is 7. The van der Waals surface area contributed by atoms with Crippen LogP contribution in [-0.4, -0.2) is 30.2 Å². The van der Waals surface area contributed by atoms with Crippen molar-refractivity contribution in [3.05, 3.63) is 125 Å². The molecule has 1 aliphatic rings. The van der Waals surface area contributed by atoms with Crippen LogP contribution in [0.15, 0.2) is 93.9 Å². The van der Waals surface area contributed by atoms with Gasteiger partial charge in [-0.15, -0.1) is 0 Å². The Morgan fingerprint density at radius 1 is 1.02 bits per heavy atom. The summed E-state index contributed by atoms with van der Waals surface area (Å²) in [5.74, 6) is -0.628. The molecule has 3 aromatic carbocycles. The van der Waals surface area contributed by atoms with E-state index in [0.717, 1.165) is 5.56 Å². The van der Waals surface area contributed by atoms with E-state index in [4.69, 9.17) is 25.8 Å². The number of aromatic nitrogens is 1. The van der Waals surface area contributed by atoms with Gasteiger partial charge >= 0.3 is 11.9 Å². The zero-order valence-corrected chi connectivity index (χ0v) is 24.0. The number of carbonyl (C=O) groups is 2. The zero-order chi connectivity index (χ0) is 29.1. The second-order valence-corrected chi connectivity index (χ2v) is 10.4. The molecule has 10 heteroatoms. The molecule has 208 valence electrons. The fourth-order valence-corrected chi connectivity index (χ4v) is 5.79. The standard InChI is InChI=1S/C31H25ClN2O6S/c1-4-39-30(37)26-18(2)33-31-34(27(26)20-10-6-5-7-11-20)28(35)25(41-31)17-19-14-15-23(24(16-19)38-3)40-29(36)21-12-8-9-13-22(21)32/h5-17,27H,4H2,1-3H3/t27-/m1/s1. The number of esters is 2. The molecule has 0 radical (unpaired) electrons. The first kappa shape index (κ1) is 28.1. The fraction of sp³-hybridized carbons (Fsp3) is 0.161. The van der Waals surface area contributed by atoms with Crippen molar-refractivity contribution in [3.8, 4) is 11.5 Å². The van der Waals surface area contributed by atoms with Gasteiger partial charge < -0.3 is 14.2 Å². The number of allylic oxidation sites excluding steroid dienone is 1. The molecule has 5 rings (SSSR count). The molecule has 0 spiro atoms. The predicted molar refractivity (Wildman–Crippen MR) is 156 cm³/mol. The Labute approximate surface area is 244 Å². The minimum absolute atomic E-state index is 0.201. The molecule has 4 aromatic rings. The number of carbonyl (C=O) groups excluding carboxylic acids is 2. The van der Waals surface area contributed by atoms with Crippen molar-refractivity contribution in [1.82, 2.24) is 4.57 Å². The first-order valence-electron chi connectivity index (χ1n) is 12.7. The van der Waals surface area contributed by atoms with E-state index in [1.165, 1.54) is 23.0 Å². The third-order valence-electron chi connectivity index (χ3n) is 6.41. The molecular formula is C31H25ClN2O6S. The summed E-state index contributed by atoms with van der Waals surface area (Å²) in [5, 5.41) is 0.276. The molecule has 0 unspecified atom stereocenters. The van der Waals surface area contributed by atoms with Crippen LogP contribution in [0.25, 0.3) is 6.08 Å². The molecule has 1 aromatic heterocycles. The molecule has 8 nitrogen and oxygen atoms in total. The maximum absolute atomic E-state index is 13.8. The van der Waals surface area contributed by atoms with E-state index < -0.39 is 18.0 Å². The van der Waals surface area contributed by atoms with E-state index >= 15 is 0 Å². The fourth-order valence-electron chi connectivity index (χ4n) is 4.53. The monoisotopic (exact) mass is 588 g/mol. The molecule has 0 N–H and O–H groups in total. The first-order chi connectivity index (χ1) is 19.8. The maximum atomic E-state index is 13.8. The summed E-state index contributed by atoms with van der Waals surface area (Å²) in [6, 6.07) is 20.2. The number of ether oxygens (including phenoxy) is 3. The lowest BCUT2D eigenvalue weighted by Gasteiger charge is -2.24. The van der Waals surface area contributed by atoms with E-state index in [2.05, 4.69) is 4.99 Å². The smallest absolute Gasteiger partial charge is 0.345 e. The number of halogens is 1. The van der Waals surface area contributed by atoms with E-state index in [1.54, 1.807) is 62.4 Å². The quantitative estimate of drug-likeness (QED) is 0.230. The first-order valence-corrected chi connectivity index (χ1v) is 13.9. The van der Waals surface area contributed by atoms with Gasteiger partial charge in [-0.05, 0) is 55.3 Å². The van der Waals surface area contributed by atoms with Gasteiger partial charge in [0.05, 0.1) is 46.1 Å². The number of thiazole rings is 1. The summed E-state index contributed by atoms with van der Waals surface area (Å²) in [6.45, 7) is 3.68. The lowest BCUT2D eigenvalue weighted by molar-refractivity contribution is -0.139. The highest BCUT2D eigenvalue weighted by atomic mass is 35.5. The molecular weight excluding hydrogens is 564 g/mol. The summed E-state index contributed by atoms with van der Waals surface area (Å²) < 4.78 is 18.3. The molecule has 0 fully saturated rings.